The van der Waals surface area contributed by atoms with Crippen molar-refractivity contribution in [2.24, 2.45) is 5.41 Å². The van der Waals surface area contributed by atoms with E-state index in [1.807, 2.05) is 0 Å². The smallest absolute Gasteiger partial charge is 1.00 e. The minimum absolute atomic E-state index is 0. The molecule has 0 spiro atoms. The Labute approximate surface area is 191 Å². The predicted octanol–water partition coefficient (Wildman–Crippen LogP) is 0.116. The van der Waals surface area contributed by atoms with Gasteiger partial charge in [0, 0.05) is 14.9 Å². The summed E-state index contributed by atoms with van der Waals surface area (Å²) in [6.07, 6.45) is 0. The summed E-state index contributed by atoms with van der Waals surface area (Å²) in [6.45, 7) is 9.48. The SMILES string of the molecule is CC(C)(C)C([NH-])=O.C[Si]C.[Cl-].[Cl-].[Zr+4].c1ccc2c(c1)[cH-]c1ccccc12. The fourth-order valence-corrected chi connectivity index (χ4v) is 1.90. The average Bonchev–Trinajstić information content (AvgIpc) is 2.86. The largest absolute Gasteiger partial charge is 4.00 e. The molecule has 0 aliphatic rings. The Morgan fingerprint density at radius 2 is 1.15 bits per heavy atom. The fourth-order valence-electron chi connectivity index (χ4n) is 1.90. The van der Waals surface area contributed by atoms with Gasteiger partial charge in [0.15, 0.2) is 0 Å². The monoisotopic (exact) mass is 483 g/mol. The quantitative estimate of drug-likeness (QED) is 0.329. The van der Waals surface area contributed by atoms with Gasteiger partial charge in [-0.1, -0.05) is 70.3 Å². The second-order valence-corrected chi connectivity index (χ2v) is 7.40. The third-order valence-electron chi connectivity index (χ3n) is 3.20. The van der Waals surface area contributed by atoms with E-state index in [0.717, 1.165) is 9.52 Å². The van der Waals surface area contributed by atoms with E-state index in [1.165, 1.54) is 21.5 Å². The standard InChI is InChI=1S/C13H9.C5H11NO.C2H6Si.2ClH.Zr/c1-3-7-12-10(5-1)9-11-6-2-4-8-13(11)12;1-5(2,3)4(6)7;1-3-2;;;/h1-9H;1-3H3,(H2,6,7);1-2H3;2*1H;/q-1;;;;;+4/p-3. The molecule has 0 bridgehead atoms. The number of rotatable bonds is 0. The molecule has 2 radical (unpaired) electrons. The first-order valence-corrected chi connectivity index (χ1v) is 9.69. The number of nitrogens with one attached hydrogen (secondary N) is 1. The van der Waals surface area contributed by atoms with Gasteiger partial charge in [-0.3, -0.25) is 0 Å². The Morgan fingerprint density at radius 1 is 0.885 bits per heavy atom. The summed E-state index contributed by atoms with van der Waals surface area (Å²) >= 11 is 0. The molecule has 138 valence electrons. The Hall–Kier alpha value is -0.540. The van der Waals surface area contributed by atoms with Crippen LogP contribution in [0.25, 0.3) is 27.3 Å². The Balaban J connectivity index is -0.000000358. The number of amides is 1. The van der Waals surface area contributed by atoms with E-state index in [4.69, 9.17) is 5.73 Å². The van der Waals surface area contributed by atoms with Crippen LogP contribution in [0.3, 0.4) is 0 Å². The van der Waals surface area contributed by atoms with E-state index >= 15 is 0 Å². The second-order valence-electron chi connectivity index (χ2n) is 6.40. The molecule has 3 aromatic carbocycles. The van der Waals surface area contributed by atoms with Crippen LogP contribution >= 0.6 is 0 Å². The summed E-state index contributed by atoms with van der Waals surface area (Å²) in [4.78, 5) is 10.1. The summed E-state index contributed by atoms with van der Waals surface area (Å²) < 4.78 is 0. The molecule has 1 amide bonds. The number of halogens is 2. The van der Waals surface area contributed by atoms with E-state index < -0.39 is 11.3 Å². The molecule has 0 saturated carbocycles. The van der Waals surface area contributed by atoms with Gasteiger partial charge in [-0.25, -0.2) is 0 Å². The van der Waals surface area contributed by atoms with Crippen molar-refractivity contribution in [2.75, 3.05) is 0 Å². The van der Waals surface area contributed by atoms with Crippen LogP contribution in [0.4, 0.5) is 0 Å². The molecule has 0 heterocycles. The van der Waals surface area contributed by atoms with Crippen molar-refractivity contribution >= 4 is 37.0 Å². The maximum absolute atomic E-state index is 10.1. The third kappa shape index (κ3) is 9.41. The number of hydrogen-bond acceptors (Lipinski definition) is 1. The van der Waals surface area contributed by atoms with Gasteiger partial charge >= 0.3 is 26.2 Å². The Kier molecular flexibility index (Phi) is 16.9. The summed E-state index contributed by atoms with van der Waals surface area (Å²) in [6, 6.07) is 19.3. The van der Waals surface area contributed by atoms with Gasteiger partial charge in [-0.15, -0.1) is 39.7 Å². The van der Waals surface area contributed by atoms with Gasteiger partial charge in [0.05, 0.1) is 5.91 Å². The molecule has 3 rings (SSSR count). The molecule has 6 heteroatoms. The molecule has 0 atom stereocenters. The topological polar surface area (TPSA) is 40.9 Å². The van der Waals surface area contributed by atoms with Gasteiger partial charge < -0.3 is 35.3 Å². The Morgan fingerprint density at radius 3 is 1.42 bits per heavy atom. The average molecular weight is 486 g/mol. The van der Waals surface area contributed by atoms with Crippen LogP contribution in [0.5, 0.6) is 0 Å². The van der Waals surface area contributed by atoms with E-state index in [0.29, 0.717) is 0 Å². The fraction of sp³-hybridized carbons (Fsp3) is 0.300. The van der Waals surface area contributed by atoms with E-state index in [-0.39, 0.29) is 51.0 Å². The van der Waals surface area contributed by atoms with Crippen molar-refractivity contribution in [2.45, 2.75) is 33.9 Å². The van der Waals surface area contributed by atoms with Crippen molar-refractivity contribution < 1.29 is 55.8 Å². The maximum atomic E-state index is 10.1. The predicted molar refractivity (Wildman–Crippen MR) is 103 cm³/mol. The van der Waals surface area contributed by atoms with Gasteiger partial charge in [-0.2, -0.15) is 0 Å². The van der Waals surface area contributed by atoms with Crippen molar-refractivity contribution in [1.82, 2.24) is 0 Å². The van der Waals surface area contributed by atoms with Crippen LogP contribution < -0.4 is 24.8 Å². The first-order valence-electron chi connectivity index (χ1n) is 7.69. The molecule has 3 aromatic rings. The summed E-state index contributed by atoms with van der Waals surface area (Å²) in [5.74, 6) is -0.507. The zero-order valence-corrected chi connectivity index (χ0v) is 20.8. The summed E-state index contributed by atoms with van der Waals surface area (Å²) in [5, 5.41) is 5.39. The molecular formula is C20H25Cl2NOSiZr. The van der Waals surface area contributed by atoms with Crippen LogP contribution in [0.2, 0.25) is 13.1 Å². The first-order chi connectivity index (χ1) is 10.8. The number of carbonyl (C=O) groups is 1. The Bertz CT molecular complexity index is 719. The molecule has 0 fully saturated rings. The zero-order chi connectivity index (χ0) is 17.5. The normalized spacial score (nSPS) is 9.27. The molecule has 0 aliphatic heterocycles. The van der Waals surface area contributed by atoms with Gasteiger partial charge in [0.1, 0.15) is 0 Å². The molecule has 1 N–H and O–H groups in total. The maximum Gasteiger partial charge on any atom is 4.00 e. The molecule has 26 heavy (non-hydrogen) atoms. The number of hydrogen-bond donors (Lipinski definition) is 0. The number of fused-ring (bicyclic) bond motifs is 3. The first kappa shape index (κ1) is 30.2. The van der Waals surface area contributed by atoms with Crippen LogP contribution in [-0.2, 0) is 31.0 Å². The van der Waals surface area contributed by atoms with E-state index in [9.17, 15) is 4.79 Å². The molecule has 0 saturated heterocycles. The van der Waals surface area contributed by atoms with Crippen LogP contribution in [-0.4, -0.2) is 15.4 Å². The summed E-state index contributed by atoms with van der Waals surface area (Å²) in [7, 11) is 1.08. The molecular weight excluding hydrogens is 460 g/mol. The summed E-state index contributed by atoms with van der Waals surface area (Å²) in [5.41, 5.74) is 6.12. The zero-order valence-electron chi connectivity index (χ0n) is 15.9. The second kappa shape index (κ2) is 14.5. The van der Waals surface area contributed by atoms with Crippen LogP contribution in [0.15, 0.2) is 54.6 Å². The molecule has 2 nitrogen and oxygen atoms in total. The molecule has 0 unspecified atom stereocenters. The van der Waals surface area contributed by atoms with Crippen LogP contribution in [0.1, 0.15) is 20.8 Å². The van der Waals surface area contributed by atoms with E-state index in [2.05, 4.69) is 67.7 Å². The third-order valence-corrected chi connectivity index (χ3v) is 3.20. The number of carbonyl (C=O) groups excluding carboxylic acids is 1. The molecule has 0 aromatic heterocycles. The van der Waals surface area contributed by atoms with E-state index in [1.54, 1.807) is 20.8 Å². The van der Waals surface area contributed by atoms with Crippen LogP contribution in [0, 0.1) is 5.41 Å². The minimum atomic E-state index is -0.507. The van der Waals surface area contributed by atoms with Gasteiger partial charge in [0.25, 0.3) is 0 Å². The number of benzene rings is 2. The van der Waals surface area contributed by atoms with Crippen molar-refractivity contribution in [3.8, 4) is 0 Å². The van der Waals surface area contributed by atoms with Crippen molar-refractivity contribution in [3.05, 3.63) is 60.3 Å². The van der Waals surface area contributed by atoms with Gasteiger partial charge in [-0.05, 0) is 0 Å². The molecule has 0 aliphatic carbocycles. The minimum Gasteiger partial charge on any atom is -1.00 e. The van der Waals surface area contributed by atoms with Crippen molar-refractivity contribution in [1.29, 1.82) is 0 Å². The van der Waals surface area contributed by atoms with Gasteiger partial charge in [0.2, 0.25) is 0 Å². The van der Waals surface area contributed by atoms with Crippen molar-refractivity contribution in [3.63, 3.8) is 0 Å².